The predicted molar refractivity (Wildman–Crippen MR) is 131 cm³/mol. The molecule has 2 aromatic carbocycles. The Labute approximate surface area is 205 Å². The second kappa shape index (κ2) is 9.20. The lowest BCUT2D eigenvalue weighted by Crippen LogP contribution is -2.38. The van der Waals surface area contributed by atoms with Crippen LogP contribution in [0, 0.1) is 5.82 Å². The molecule has 8 nitrogen and oxygen atoms in total. The van der Waals surface area contributed by atoms with Gasteiger partial charge in [-0.3, -0.25) is 4.79 Å². The molecule has 10 heteroatoms. The van der Waals surface area contributed by atoms with Crippen LogP contribution in [-0.4, -0.2) is 63.4 Å². The summed E-state index contributed by atoms with van der Waals surface area (Å²) in [5.74, 6) is 0.921. The van der Waals surface area contributed by atoms with Crippen molar-refractivity contribution in [2.45, 2.75) is 13.1 Å². The zero-order chi connectivity index (χ0) is 23.8. The minimum atomic E-state index is -0.361. The summed E-state index contributed by atoms with van der Waals surface area (Å²) < 4.78 is 20.7. The van der Waals surface area contributed by atoms with Crippen molar-refractivity contribution in [3.63, 3.8) is 0 Å². The second-order valence-electron chi connectivity index (χ2n) is 8.51. The van der Waals surface area contributed by atoms with Gasteiger partial charge in [0.25, 0.3) is 5.91 Å². The molecule has 0 saturated carbocycles. The molecule has 0 N–H and O–H groups in total. The number of carbonyl (C=O) groups excluding carboxylic acids is 1. The molecule has 1 fully saturated rings. The fourth-order valence-corrected chi connectivity index (χ4v) is 5.25. The zero-order valence-electron chi connectivity index (χ0n) is 18.9. The SMILES string of the molecule is O=C(c1ccc(F)cc1)N1CCn2c(nnc2-c2csc(-c3ccc(N4CCOCC4)cc3)n2)C1. The summed E-state index contributed by atoms with van der Waals surface area (Å²) in [6.45, 7) is 4.79. The Kier molecular flexibility index (Phi) is 5.75. The molecular weight excluding hydrogens is 467 g/mol. The van der Waals surface area contributed by atoms with E-state index in [1.807, 2.05) is 9.95 Å². The summed E-state index contributed by atoms with van der Waals surface area (Å²) in [6, 6.07) is 14.1. The van der Waals surface area contributed by atoms with Crippen LogP contribution in [0.1, 0.15) is 16.2 Å². The van der Waals surface area contributed by atoms with Crippen LogP contribution in [-0.2, 0) is 17.8 Å². The number of nitrogens with zero attached hydrogens (tertiary/aromatic N) is 6. The van der Waals surface area contributed by atoms with Crippen LogP contribution in [0.5, 0.6) is 0 Å². The first kappa shape index (κ1) is 21.9. The second-order valence-corrected chi connectivity index (χ2v) is 9.37. The molecule has 0 atom stereocenters. The Balaban J connectivity index is 1.18. The van der Waals surface area contributed by atoms with Crippen LogP contribution in [0.2, 0.25) is 0 Å². The number of amides is 1. The number of carbonyl (C=O) groups is 1. The molecule has 0 radical (unpaired) electrons. The Morgan fingerprint density at radius 3 is 2.49 bits per heavy atom. The summed E-state index contributed by atoms with van der Waals surface area (Å²) in [6.07, 6.45) is 0. The van der Waals surface area contributed by atoms with Crippen LogP contribution in [0.4, 0.5) is 10.1 Å². The van der Waals surface area contributed by atoms with Crippen LogP contribution < -0.4 is 4.90 Å². The van der Waals surface area contributed by atoms with Gasteiger partial charge in [0.15, 0.2) is 11.6 Å². The maximum absolute atomic E-state index is 13.2. The first-order valence-electron chi connectivity index (χ1n) is 11.5. The summed E-state index contributed by atoms with van der Waals surface area (Å²) in [5, 5.41) is 11.6. The molecule has 178 valence electrons. The largest absolute Gasteiger partial charge is 0.378 e. The molecule has 0 aliphatic carbocycles. The lowest BCUT2D eigenvalue weighted by Gasteiger charge is -2.28. The Morgan fingerprint density at radius 2 is 1.71 bits per heavy atom. The van der Waals surface area contributed by atoms with Gasteiger partial charge in [-0.15, -0.1) is 21.5 Å². The highest BCUT2D eigenvalue weighted by Gasteiger charge is 2.26. The highest BCUT2D eigenvalue weighted by molar-refractivity contribution is 7.13. The van der Waals surface area contributed by atoms with Gasteiger partial charge in [0, 0.05) is 48.4 Å². The summed E-state index contributed by atoms with van der Waals surface area (Å²) in [5.41, 5.74) is 3.50. The highest BCUT2D eigenvalue weighted by Crippen LogP contribution is 2.31. The average molecular weight is 491 g/mol. The fraction of sp³-hybridized carbons (Fsp3) is 0.280. The molecule has 4 heterocycles. The molecule has 0 unspecified atom stereocenters. The number of morpholine rings is 1. The van der Waals surface area contributed by atoms with E-state index in [1.165, 1.54) is 30.0 Å². The van der Waals surface area contributed by atoms with E-state index >= 15 is 0 Å². The van der Waals surface area contributed by atoms with E-state index in [0.717, 1.165) is 42.6 Å². The van der Waals surface area contributed by atoms with Crippen LogP contribution >= 0.6 is 11.3 Å². The number of ether oxygens (including phenoxy) is 1. The molecule has 1 saturated heterocycles. The van der Waals surface area contributed by atoms with E-state index in [-0.39, 0.29) is 11.7 Å². The van der Waals surface area contributed by atoms with E-state index in [9.17, 15) is 9.18 Å². The van der Waals surface area contributed by atoms with Crippen molar-refractivity contribution >= 4 is 22.9 Å². The summed E-state index contributed by atoms with van der Waals surface area (Å²) in [7, 11) is 0. The molecular formula is C25H23FN6O2S. The minimum Gasteiger partial charge on any atom is -0.378 e. The molecule has 35 heavy (non-hydrogen) atoms. The van der Waals surface area contributed by atoms with Crippen LogP contribution in [0.25, 0.3) is 22.1 Å². The van der Waals surface area contributed by atoms with Crippen molar-refractivity contribution in [1.82, 2.24) is 24.6 Å². The molecule has 0 bridgehead atoms. The minimum absolute atomic E-state index is 0.141. The summed E-state index contributed by atoms with van der Waals surface area (Å²) in [4.78, 5) is 21.7. The van der Waals surface area contributed by atoms with Gasteiger partial charge in [-0.25, -0.2) is 9.37 Å². The maximum Gasteiger partial charge on any atom is 0.254 e. The van der Waals surface area contributed by atoms with Gasteiger partial charge in [-0.1, -0.05) is 0 Å². The number of thiazole rings is 1. The zero-order valence-corrected chi connectivity index (χ0v) is 19.7. The van der Waals surface area contributed by atoms with Crippen molar-refractivity contribution in [1.29, 1.82) is 0 Å². The Hall–Kier alpha value is -3.63. The van der Waals surface area contributed by atoms with Gasteiger partial charge in [0.05, 0.1) is 19.8 Å². The summed E-state index contributed by atoms with van der Waals surface area (Å²) >= 11 is 1.58. The first-order valence-corrected chi connectivity index (χ1v) is 12.4. The predicted octanol–water partition coefficient (Wildman–Crippen LogP) is 3.70. The number of halogens is 1. The molecule has 6 rings (SSSR count). The van der Waals surface area contributed by atoms with E-state index in [4.69, 9.17) is 9.72 Å². The molecule has 2 aromatic heterocycles. The number of rotatable bonds is 4. The van der Waals surface area contributed by atoms with E-state index in [1.54, 1.807) is 16.2 Å². The lowest BCUT2D eigenvalue weighted by molar-refractivity contribution is 0.0708. The smallest absolute Gasteiger partial charge is 0.254 e. The third-order valence-corrected chi connectivity index (χ3v) is 7.25. The Bertz CT molecular complexity index is 1350. The Morgan fingerprint density at radius 1 is 0.943 bits per heavy atom. The van der Waals surface area contributed by atoms with Gasteiger partial charge >= 0.3 is 0 Å². The molecule has 0 spiro atoms. The first-order chi connectivity index (χ1) is 17.2. The number of anilines is 1. The lowest BCUT2D eigenvalue weighted by atomic mass is 10.2. The van der Waals surface area contributed by atoms with Gasteiger partial charge in [0.1, 0.15) is 16.5 Å². The van der Waals surface area contributed by atoms with Crippen molar-refractivity contribution in [3.05, 3.63) is 71.1 Å². The molecule has 4 aromatic rings. The monoisotopic (exact) mass is 490 g/mol. The third kappa shape index (κ3) is 4.30. The van der Waals surface area contributed by atoms with E-state index in [0.29, 0.717) is 36.8 Å². The van der Waals surface area contributed by atoms with E-state index < -0.39 is 0 Å². The average Bonchev–Trinajstić information content (AvgIpc) is 3.56. The fourth-order valence-electron chi connectivity index (χ4n) is 4.44. The van der Waals surface area contributed by atoms with E-state index in [2.05, 4.69) is 39.4 Å². The van der Waals surface area contributed by atoms with Crippen molar-refractivity contribution in [2.24, 2.45) is 0 Å². The van der Waals surface area contributed by atoms with Gasteiger partial charge in [-0.05, 0) is 48.5 Å². The van der Waals surface area contributed by atoms with Gasteiger partial charge in [-0.2, -0.15) is 0 Å². The van der Waals surface area contributed by atoms with Crippen LogP contribution in [0.3, 0.4) is 0 Å². The van der Waals surface area contributed by atoms with Gasteiger partial charge < -0.3 is 19.1 Å². The number of aromatic nitrogens is 4. The standard InChI is InChI=1S/C25H23FN6O2S/c26-19-5-1-18(2-6-19)25(33)31-9-10-32-22(15-31)28-29-23(32)21-16-35-24(27-21)17-3-7-20(8-4-17)30-11-13-34-14-12-30/h1-8,16H,9-15H2. The molecule has 1 amide bonds. The van der Waals surface area contributed by atoms with Crippen molar-refractivity contribution in [2.75, 3.05) is 37.7 Å². The third-order valence-electron chi connectivity index (χ3n) is 6.36. The normalized spacial score (nSPS) is 15.8. The number of benzene rings is 2. The number of fused-ring (bicyclic) bond motifs is 1. The molecule has 2 aliphatic rings. The van der Waals surface area contributed by atoms with Crippen molar-refractivity contribution in [3.8, 4) is 22.1 Å². The van der Waals surface area contributed by atoms with Crippen LogP contribution in [0.15, 0.2) is 53.9 Å². The maximum atomic E-state index is 13.2. The quantitative estimate of drug-likeness (QED) is 0.434. The molecule has 2 aliphatic heterocycles. The van der Waals surface area contributed by atoms with Crippen molar-refractivity contribution < 1.29 is 13.9 Å². The topological polar surface area (TPSA) is 76.4 Å². The number of hydrogen-bond donors (Lipinski definition) is 0. The number of hydrogen-bond acceptors (Lipinski definition) is 7. The van der Waals surface area contributed by atoms with Gasteiger partial charge in [0.2, 0.25) is 0 Å². The highest BCUT2D eigenvalue weighted by atomic mass is 32.1.